The fourth-order valence-electron chi connectivity index (χ4n) is 7.19. The lowest BCUT2D eigenvalue weighted by molar-refractivity contribution is 0.451. The van der Waals surface area contributed by atoms with Crippen molar-refractivity contribution in [2.24, 2.45) is 0 Å². The predicted octanol–water partition coefficient (Wildman–Crippen LogP) is 10.2. The van der Waals surface area contributed by atoms with Crippen LogP contribution in [-0.4, -0.2) is 28.2 Å². The number of aromatic nitrogens is 2. The van der Waals surface area contributed by atoms with Gasteiger partial charge in [0, 0.05) is 41.8 Å². The summed E-state index contributed by atoms with van der Waals surface area (Å²) < 4.78 is 8.79. The van der Waals surface area contributed by atoms with E-state index in [0.717, 1.165) is 63.3 Å². The Morgan fingerprint density at radius 2 is 1.31 bits per heavy atom. The van der Waals surface area contributed by atoms with Gasteiger partial charge in [-0.2, -0.15) is 0 Å². The van der Waals surface area contributed by atoms with Gasteiger partial charge in [-0.1, -0.05) is 78.9 Å². The quantitative estimate of drug-likeness (QED) is 0.191. The number of benzene rings is 5. The Balaban J connectivity index is 1.08. The zero-order valence-electron chi connectivity index (χ0n) is 26.8. The molecule has 7 aromatic rings. The topological polar surface area (TPSA) is 36.8 Å². The van der Waals surface area contributed by atoms with Crippen LogP contribution < -0.4 is 14.5 Å². The smallest absolute Gasteiger partial charge is 0.137 e. The van der Waals surface area contributed by atoms with E-state index in [9.17, 15) is 0 Å². The third kappa shape index (κ3) is 4.53. The van der Waals surface area contributed by atoms with Crippen LogP contribution in [0.1, 0.15) is 18.1 Å². The molecule has 0 amide bonds. The molecule has 5 aromatic carbocycles. The van der Waals surface area contributed by atoms with Crippen LogP contribution in [0.25, 0.3) is 39.8 Å². The van der Waals surface area contributed by atoms with Crippen molar-refractivity contribution in [3.8, 4) is 17.3 Å². The maximum Gasteiger partial charge on any atom is 0.137 e. The molecule has 0 unspecified atom stereocenters. The normalized spacial score (nSPS) is 14.1. The number of para-hydroxylation sites is 3. The first-order valence-corrected chi connectivity index (χ1v) is 16.2. The molecular weight excluding hydrogens is 590 g/mol. The van der Waals surface area contributed by atoms with Gasteiger partial charge < -0.3 is 14.5 Å². The van der Waals surface area contributed by atoms with E-state index in [2.05, 4.69) is 160 Å². The van der Waals surface area contributed by atoms with Crippen LogP contribution >= 0.6 is 0 Å². The molecule has 0 saturated heterocycles. The molecule has 0 fully saturated rings. The minimum atomic E-state index is 0.717. The van der Waals surface area contributed by atoms with Crippen molar-refractivity contribution in [3.05, 3.63) is 162 Å². The maximum atomic E-state index is 6.58. The molecule has 0 saturated carbocycles. The second-order valence-corrected chi connectivity index (χ2v) is 12.3. The van der Waals surface area contributed by atoms with Crippen molar-refractivity contribution in [1.29, 1.82) is 0 Å². The van der Waals surface area contributed by atoms with Crippen molar-refractivity contribution in [3.63, 3.8) is 0 Å². The number of anilines is 3. The highest BCUT2D eigenvalue weighted by Crippen LogP contribution is 2.43. The molecule has 0 bridgehead atoms. The van der Waals surface area contributed by atoms with Gasteiger partial charge in [0.2, 0.25) is 0 Å². The second-order valence-electron chi connectivity index (χ2n) is 12.3. The Morgan fingerprint density at radius 3 is 2.08 bits per heavy atom. The van der Waals surface area contributed by atoms with E-state index < -0.39 is 0 Å². The molecule has 4 heterocycles. The Morgan fingerprint density at radius 1 is 0.625 bits per heavy atom. The number of allylic oxidation sites excluding steroid dienone is 1. The van der Waals surface area contributed by atoms with Crippen LogP contribution in [0, 0.1) is 0 Å². The molecule has 0 aliphatic carbocycles. The summed E-state index contributed by atoms with van der Waals surface area (Å²) in [7, 11) is 2.17. The highest BCUT2D eigenvalue weighted by molar-refractivity contribution is 6.09. The zero-order chi connectivity index (χ0) is 32.2. The van der Waals surface area contributed by atoms with E-state index >= 15 is 0 Å². The molecule has 6 heteroatoms. The van der Waals surface area contributed by atoms with Gasteiger partial charge in [-0.05, 0) is 72.6 Å². The van der Waals surface area contributed by atoms with Crippen molar-refractivity contribution in [2.45, 2.75) is 6.92 Å². The van der Waals surface area contributed by atoms with Gasteiger partial charge in [-0.25, -0.2) is 4.98 Å². The molecule has 2 aliphatic heterocycles. The van der Waals surface area contributed by atoms with Gasteiger partial charge in [0.25, 0.3) is 0 Å². The molecule has 232 valence electrons. The van der Waals surface area contributed by atoms with Gasteiger partial charge in [-0.3, -0.25) is 9.47 Å². The molecule has 9 rings (SSSR count). The summed E-state index contributed by atoms with van der Waals surface area (Å²) in [4.78, 5) is 11.8. The summed E-state index contributed by atoms with van der Waals surface area (Å²) >= 11 is 0. The third-order valence-corrected chi connectivity index (χ3v) is 9.34. The number of ether oxygens (including phenoxy) is 1. The molecule has 6 nitrogen and oxygen atoms in total. The number of hydrogen-bond donors (Lipinski definition) is 0. The molecule has 2 aromatic heterocycles. The summed E-state index contributed by atoms with van der Waals surface area (Å²) in [5, 5.41) is 2.35. The molecule has 0 N–H and O–H groups in total. The lowest BCUT2D eigenvalue weighted by atomic mass is 10.1. The molecular formula is C42H33N5O. The Kier molecular flexibility index (Phi) is 6.54. The molecule has 0 spiro atoms. The van der Waals surface area contributed by atoms with E-state index in [4.69, 9.17) is 4.74 Å². The first-order chi connectivity index (χ1) is 23.6. The number of rotatable bonds is 5. The van der Waals surface area contributed by atoms with Crippen LogP contribution in [0.5, 0.6) is 11.5 Å². The van der Waals surface area contributed by atoms with Gasteiger partial charge >= 0.3 is 0 Å². The standard InChI is InChI=1S/C42H33N5O/c1-29-42(47-37-17-6-3-12-30(37)21-22-31-13-4-7-18-38(31)47)44(2)28-45(29)32-14-11-15-33(26-32)48-34-23-24-36-35-16-5-8-19-39(35)46(40(36)27-34)41-20-9-10-25-43-41/h3-27H,28H2,1-2H3. The molecule has 0 radical (unpaired) electrons. The third-order valence-electron chi connectivity index (χ3n) is 9.34. The van der Waals surface area contributed by atoms with Crippen LogP contribution in [-0.2, 0) is 0 Å². The van der Waals surface area contributed by atoms with Gasteiger partial charge in [0.15, 0.2) is 0 Å². The molecule has 0 atom stereocenters. The van der Waals surface area contributed by atoms with E-state index in [1.54, 1.807) is 0 Å². The largest absolute Gasteiger partial charge is 0.457 e. The summed E-state index contributed by atoms with van der Waals surface area (Å²) in [5.41, 5.74) is 9.13. The zero-order valence-corrected chi connectivity index (χ0v) is 26.8. The summed E-state index contributed by atoms with van der Waals surface area (Å²) in [6, 6.07) is 46.4. The van der Waals surface area contributed by atoms with E-state index in [0.29, 0.717) is 0 Å². The molecule has 2 aliphatic rings. The average molecular weight is 624 g/mol. The van der Waals surface area contributed by atoms with Gasteiger partial charge in [0.1, 0.15) is 23.1 Å². The summed E-state index contributed by atoms with van der Waals surface area (Å²) in [6.07, 6.45) is 6.26. The Bertz CT molecular complexity index is 2360. The number of hydrogen-bond acceptors (Lipinski definition) is 5. The number of fused-ring (bicyclic) bond motifs is 5. The minimum Gasteiger partial charge on any atom is -0.457 e. The second kappa shape index (κ2) is 11.2. The van der Waals surface area contributed by atoms with E-state index in [1.807, 2.05) is 30.5 Å². The predicted molar refractivity (Wildman–Crippen MR) is 197 cm³/mol. The summed E-state index contributed by atoms with van der Waals surface area (Å²) in [6.45, 7) is 2.93. The van der Waals surface area contributed by atoms with Gasteiger partial charge in [-0.15, -0.1) is 0 Å². The maximum absolute atomic E-state index is 6.58. The lowest BCUT2D eigenvalue weighted by Gasteiger charge is -2.31. The van der Waals surface area contributed by atoms with Crippen LogP contribution in [0.15, 0.2) is 151 Å². The monoisotopic (exact) mass is 623 g/mol. The van der Waals surface area contributed by atoms with Crippen LogP contribution in [0.4, 0.5) is 17.1 Å². The highest BCUT2D eigenvalue weighted by Gasteiger charge is 2.32. The number of nitrogens with zero attached hydrogens (tertiary/aromatic N) is 5. The van der Waals surface area contributed by atoms with Crippen molar-refractivity contribution < 1.29 is 4.74 Å². The van der Waals surface area contributed by atoms with E-state index in [1.165, 1.54) is 22.2 Å². The van der Waals surface area contributed by atoms with Crippen LogP contribution in [0.2, 0.25) is 0 Å². The van der Waals surface area contributed by atoms with Gasteiger partial charge in [0.05, 0.1) is 34.8 Å². The lowest BCUT2D eigenvalue weighted by Crippen LogP contribution is -2.29. The minimum absolute atomic E-state index is 0.717. The Hall–Kier alpha value is -6.27. The van der Waals surface area contributed by atoms with Crippen molar-refractivity contribution in [1.82, 2.24) is 14.5 Å². The highest BCUT2D eigenvalue weighted by atomic mass is 16.5. The first kappa shape index (κ1) is 28.0. The number of pyridine rings is 1. The van der Waals surface area contributed by atoms with Crippen molar-refractivity contribution in [2.75, 3.05) is 23.5 Å². The summed E-state index contributed by atoms with van der Waals surface area (Å²) in [5.74, 6) is 3.59. The Labute approximate surface area is 279 Å². The van der Waals surface area contributed by atoms with Crippen molar-refractivity contribution >= 4 is 51.0 Å². The van der Waals surface area contributed by atoms with E-state index in [-0.39, 0.29) is 0 Å². The fourth-order valence-corrected chi connectivity index (χ4v) is 7.19. The first-order valence-electron chi connectivity index (χ1n) is 16.2. The molecule has 48 heavy (non-hydrogen) atoms. The fraction of sp³-hybridized carbons (Fsp3) is 0.0714. The SMILES string of the molecule is CC1=C(N2c3ccccc3C=Cc3ccccc32)N(C)CN1c1cccc(Oc2ccc3c4ccccc4n(-c4ccccn4)c3c2)c1. The van der Waals surface area contributed by atoms with Crippen LogP contribution in [0.3, 0.4) is 0 Å². The average Bonchev–Trinajstić information content (AvgIpc) is 3.55.